The van der Waals surface area contributed by atoms with Crippen LogP contribution in [0.1, 0.15) is 41.5 Å². The molecule has 1 aliphatic rings. The molecule has 5 nitrogen and oxygen atoms in total. The fourth-order valence-electron chi connectivity index (χ4n) is 3.46. The van der Waals surface area contributed by atoms with Crippen molar-refractivity contribution in [3.05, 3.63) is 82.0 Å². The van der Waals surface area contributed by atoms with E-state index in [9.17, 15) is 4.79 Å². The number of benzene rings is 1. The Morgan fingerprint density at radius 1 is 1.30 bits per heavy atom. The average molecular weight is 426 g/mol. The second kappa shape index (κ2) is 7.96. The van der Waals surface area contributed by atoms with Gasteiger partial charge in [0, 0.05) is 17.3 Å². The SMILES string of the molecule is O=C(/C=C/c1ccc(Br)o1)N[C@H]1CCCc2c1cnn2Cc1ccccc1. The van der Waals surface area contributed by atoms with E-state index in [1.807, 2.05) is 24.4 Å². The molecule has 4 rings (SSSR count). The molecule has 2 aromatic heterocycles. The van der Waals surface area contributed by atoms with Crippen LogP contribution in [0, 0.1) is 0 Å². The van der Waals surface area contributed by atoms with E-state index in [1.165, 1.54) is 17.3 Å². The Balaban J connectivity index is 1.45. The van der Waals surface area contributed by atoms with Gasteiger partial charge in [0.05, 0.1) is 18.8 Å². The summed E-state index contributed by atoms with van der Waals surface area (Å²) in [5, 5.41) is 7.67. The summed E-state index contributed by atoms with van der Waals surface area (Å²) in [7, 11) is 0. The quantitative estimate of drug-likeness (QED) is 0.612. The highest BCUT2D eigenvalue weighted by molar-refractivity contribution is 9.10. The second-order valence-electron chi connectivity index (χ2n) is 6.62. The molecule has 2 heterocycles. The molecule has 0 spiro atoms. The number of hydrogen-bond donors (Lipinski definition) is 1. The molecular weight excluding hydrogens is 406 g/mol. The number of aromatic nitrogens is 2. The van der Waals surface area contributed by atoms with Crippen LogP contribution in [-0.2, 0) is 17.8 Å². The first-order valence-electron chi connectivity index (χ1n) is 9.01. The highest BCUT2D eigenvalue weighted by atomic mass is 79.9. The van der Waals surface area contributed by atoms with Crippen LogP contribution in [-0.4, -0.2) is 15.7 Å². The number of amides is 1. The molecule has 0 bridgehead atoms. The third kappa shape index (κ3) is 4.22. The summed E-state index contributed by atoms with van der Waals surface area (Å²) in [6, 6.07) is 13.9. The third-order valence-electron chi connectivity index (χ3n) is 4.75. The van der Waals surface area contributed by atoms with E-state index in [4.69, 9.17) is 4.42 Å². The van der Waals surface area contributed by atoms with E-state index in [2.05, 4.69) is 43.2 Å². The predicted octanol–water partition coefficient (Wildman–Crippen LogP) is 4.49. The maximum absolute atomic E-state index is 12.3. The monoisotopic (exact) mass is 425 g/mol. The van der Waals surface area contributed by atoms with Crippen LogP contribution in [0.15, 0.2) is 63.8 Å². The van der Waals surface area contributed by atoms with E-state index < -0.39 is 0 Å². The van der Waals surface area contributed by atoms with Gasteiger partial charge in [0.25, 0.3) is 0 Å². The molecule has 0 aliphatic heterocycles. The molecule has 6 heteroatoms. The minimum absolute atomic E-state index is 0.00115. The first-order valence-corrected chi connectivity index (χ1v) is 9.81. The van der Waals surface area contributed by atoms with Gasteiger partial charge in [-0.1, -0.05) is 30.3 Å². The number of nitrogens with zero attached hydrogens (tertiary/aromatic N) is 2. The topological polar surface area (TPSA) is 60.1 Å². The number of carbonyl (C=O) groups is 1. The fourth-order valence-corrected chi connectivity index (χ4v) is 3.78. The molecule has 1 atom stereocenters. The highest BCUT2D eigenvalue weighted by Gasteiger charge is 2.25. The van der Waals surface area contributed by atoms with Gasteiger partial charge in [0.1, 0.15) is 5.76 Å². The van der Waals surface area contributed by atoms with Crippen molar-refractivity contribution in [3.63, 3.8) is 0 Å². The van der Waals surface area contributed by atoms with Crippen LogP contribution < -0.4 is 5.32 Å². The smallest absolute Gasteiger partial charge is 0.244 e. The minimum Gasteiger partial charge on any atom is -0.450 e. The van der Waals surface area contributed by atoms with Crippen LogP contribution in [0.3, 0.4) is 0 Å². The van der Waals surface area contributed by atoms with Gasteiger partial charge >= 0.3 is 0 Å². The van der Waals surface area contributed by atoms with Crippen molar-refractivity contribution in [2.45, 2.75) is 31.8 Å². The lowest BCUT2D eigenvalue weighted by molar-refractivity contribution is -0.117. The summed E-state index contributed by atoms with van der Waals surface area (Å²) in [5.41, 5.74) is 3.57. The lowest BCUT2D eigenvalue weighted by Gasteiger charge is -2.23. The number of fused-ring (bicyclic) bond motifs is 1. The van der Waals surface area contributed by atoms with Gasteiger partial charge in [-0.25, -0.2) is 0 Å². The molecule has 27 heavy (non-hydrogen) atoms. The highest BCUT2D eigenvalue weighted by Crippen LogP contribution is 2.30. The van der Waals surface area contributed by atoms with Crippen molar-refractivity contribution in [1.29, 1.82) is 0 Å². The maximum atomic E-state index is 12.3. The second-order valence-corrected chi connectivity index (χ2v) is 7.40. The molecule has 0 radical (unpaired) electrons. The van der Waals surface area contributed by atoms with Crippen LogP contribution >= 0.6 is 15.9 Å². The molecule has 3 aromatic rings. The summed E-state index contributed by atoms with van der Waals surface area (Å²) in [4.78, 5) is 12.3. The van der Waals surface area contributed by atoms with E-state index in [1.54, 1.807) is 18.2 Å². The van der Waals surface area contributed by atoms with Crippen molar-refractivity contribution >= 4 is 27.9 Å². The van der Waals surface area contributed by atoms with Crippen molar-refractivity contribution in [3.8, 4) is 0 Å². The van der Waals surface area contributed by atoms with Crippen LogP contribution in [0.4, 0.5) is 0 Å². The number of rotatable bonds is 5. The van der Waals surface area contributed by atoms with E-state index in [-0.39, 0.29) is 11.9 Å². The van der Waals surface area contributed by atoms with E-state index >= 15 is 0 Å². The molecule has 0 unspecified atom stereocenters. The number of hydrogen-bond acceptors (Lipinski definition) is 3. The van der Waals surface area contributed by atoms with Crippen molar-refractivity contribution in [1.82, 2.24) is 15.1 Å². The first-order chi connectivity index (χ1) is 13.2. The van der Waals surface area contributed by atoms with Gasteiger partial charge < -0.3 is 9.73 Å². The zero-order chi connectivity index (χ0) is 18.6. The Bertz CT molecular complexity index is 959. The van der Waals surface area contributed by atoms with Crippen molar-refractivity contribution in [2.75, 3.05) is 0 Å². The molecule has 1 N–H and O–H groups in total. The predicted molar refractivity (Wildman–Crippen MR) is 107 cm³/mol. The van der Waals surface area contributed by atoms with Gasteiger partial charge in [-0.15, -0.1) is 0 Å². The number of halogens is 1. The summed E-state index contributed by atoms with van der Waals surface area (Å²) >= 11 is 3.25. The fraction of sp³-hybridized carbons (Fsp3) is 0.238. The van der Waals surface area contributed by atoms with Gasteiger partial charge in [-0.3, -0.25) is 9.48 Å². The average Bonchev–Trinajstić information content (AvgIpc) is 3.28. The van der Waals surface area contributed by atoms with Crippen LogP contribution in [0.25, 0.3) is 6.08 Å². The summed E-state index contributed by atoms with van der Waals surface area (Å²) in [6.07, 6.45) is 8.03. The van der Waals surface area contributed by atoms with Crippen molar-refractivity contribution < 1.29 is 9.21 Å². The van der Waals surface area contributed by atoms with E-state index in [0.29, 0.717) is 10.4 Å². The molecule has 0 saturated carbocycles. The summed E-state index contributed by atoms with van der Waals surface area (Å²) < 4.78 is 8.08. The molecule has 0 saturated heterocycles. The van der Waals surface area contributed by atoms with Crippen molar-refractivity contribution in [2.24, 2.45) is 0 Å². The largest absolute Gasteiger partial charge is 0.450 e. The van der Waals surface area contributed by atoms with Crippen LogP contribution in [0.2, 0.25) is 0 Å². The summed E-state index contributed by atoms with van der Waals surface area (Å²) in [5.74, 6) is 0.508. The molecule has 1 aliphatic carbocycles. The molecule has 0 fully saturated rings. The Morgan fingerprint density at radius 2 is 2.15 bits per heavy atom. The number of carbonyl (C=O) groups excluding carboxylic acids is 1. The van der Waals surface area contributed by atoms with Gasteiger partial charge in [0.2, 0.25) is 5.91 Å². The standard InChI is InChI=1S/C21H20BrN3O2/c22-20-11-9-16(27-20)10-12-21(26)24-18-7-4-8-19-17(18)13-23-25(19)14-15-5-2-1-3-6-15/h1-3,5-6,9-13,18H,4,7-8,14H2,(H,24,26)/b12-10+/t18-/m0/s1. The Morgan fingerprint density at radius 3 is 2.93 bits per heavy atom. The number of nitrogens with one attached hydrogen (secondary N) is 1. The summed E-state index contributed by atoms with van der Waals surface area (Å²) in [6.45, 7) is 0.754. The Hall–Kier alpha value is -2.60. The zero-order valence-corrected chi connectivity index (χ0v) is 16.4. The maximum Gasteiger partial charge on any atom is 0.244 e. The van der Waals surface area contributed by atoms with Gasteiger partial charge in [-0.05, 0) is 59.0 Å². The van der Waals surface area contributed by atoms with Gasteiger partial charge in [0.15, 0.2) is 4.67 Å². The minimum atomic E-state index is -0.129. The van der Waals surface area contributed by atoms with Crippen LogP contribution in [0.5, 0.6) is 0 Å². The van der Waals surface area contributed by atoms with Gasteiger partial charge in [-0.2, -0.15) is 5.10 Å². The normalized spacial score (nSPS) is 16.4. The molecule has 1 aromatic carbocycles. The zero-order valence-electron chi connectivity index (χ0n) is 14.8. The Kier molecular flexibility index (Phi) is 5.25. The van der Waals surface area contributed by atoms with E-state index in [0.717, 1.165) is 31.4 Å². The first kappa shape index (κ1) is 17.8. The number of furan rings is 1. The third-order valence-corrected chi connectivity index (χ3v) is 5.17. The molecular formula is C21H20BrN3O2. The molecule has 1 amide bonds. The molecule has 138 valence electrons. The lowest BCUT2D eigenvalue weighted by atomic mass is 9.93. The lowest BCUT2D eigenvalue weighted by Crippen LogP contribution is -2.29. The Labute approximate surface area is 166 Å².